The normalized spacial score (nSPS) is 27.6. The number of halogens is 1. The highest BCUT2D eigenvalue weighted by atomic mass is 19.1. The smallest absolute Gasteiger partial charge is 0.0906 e. The molecule has 16 heavy (non-hydrogen) atoms. The zero-order valence-corrected chi connectivity index (χ0v) is 11.0. The van der Waals surface area contributed by atoms with Gasteiger partial charge in [-0.1, -0.05) is 27.2 Å². The predicted molar refractivity (Wildman–Crippen MR) is 67.5 cm³/mol. The number of hydrogen-bond donors (Lipinski definition) is 1. The van der Waals surface area contributed by atoms with Crippen molar-refractivity contribution in [3.05, 3.63) is 0 Å². The van der Waals surface area contributed by atoms with Crippen LogP contribution in [-0.2, 0) is 0 Å². The summed E-state index contributed by atoms with van der Waals surface area (Å²) in [4.78, 5) is 2.49. The van der Waals surface area contributed by atoms with Gasteiger partial charge in [0.05, 0.1) is 6.67 Å². The summed E-state index contributed by atoms with van der Waals surface area (Å²) >= 11 is 0. The summed E-state index contributed by atoms with van der Waals surface area (Å²) in [7, 11) is 0. The van der Waals surface area contributed by atoms with Crippen molar-refractivity contribution >= 4 is 0 Å². The molecule has 0 radical (unpaired) electrons. The molecule has 0 bridgehead atoms. The van der Waals surface area contributed by atoms with Crippen molar-refractivity contribution in [1.29, 1.82) is 0 Å². The number of nitrogens with one attached hydrogen (secondary N) is 1. The van der Waals surface area contributed by atoms with Gasteiger partial charge in [-0.15, -0.1) is 0 Å². The fourth-order valence-corrected chi connectivity index (χ4v) is 2.62. The van der Waals surface area contributed by atoms with Gasteiger partial charge in [-0.3, -0.25) is 9.29 Å². The molecule has 1 aliphatic heterocycles. The molecule has 0 spiro atoms. The summed E-state index contributed by atoms with van der Waals surface area (Å²) in [6.45, 7) is 9.63. The Morgan fingerprint density at radius 2 is 2.19 bits per heavy atom. The first-order valence-corrected chi connectivity index (χ1v) is 6.72. The molecule has 0 aromatic heterocycles. The molecular weight excluding hydrogens is 203 g/mol. The number of hydrogen-bond acceptors (Lipinski definition) is 2. The molecule has 2 nitrogen and oxygen atoms in total. The molecule has 0 aromatic carbocycles. The van der Waals surface area contributed by atoms with Gasteiger partial charge < -0.3 is 5.32 Å². The molecule has 1 heterocycles. The Labute approximate surface area is 99.6 Å². The lowest BCUT2D eigenvalue weighted by molar-refractivity contribution is 0.0923. The number of piperazine rings is 1. The second-order valence-corrected chi connectivity index (χ2v) is 5.24. The van der Waals surface area contributed by atoms with Crippen LogP contribution in [0.25, 0.3) is 0 Å². The van der Waals surface area contributed by atoms with Gasteiger partial charge in [0.1, 0.15) is 0 Å². The first-order chi connectivity index (χ1) is 7.69. The zero-order chi connectivity index (χ0) is 12.0. The van der Waals surface area contributed by atoms with E-state index in [2.05, 4.69) is 31.0 Å². The molecule has 1 N–H and O–H groups in total. The van der Waals surface area contributed by atoms with Crippen molar-refractivity contribution in [1.82, 2.24) is 10.2 Å². The van der Waals surface area contributed by atoms with Crippen LogP contribution in [0.15, 0.2) is 0 Å². The third-order valence-corrected chi connectivity index (χ3v) is 3.53. The Kier molecular flexibility index (Phi) is 6.29. The van der Waals surface area contributed by atoms with E-state index in [-0.39, 0.29) is 6.67 Å². The van der Waals surface area contributed by atoms with E-state index in [0.717, 1.165) is 19.6 Å². The molecule has 0 amide bonds. The third kappa shape index (κ3) is 4.02. The first kappa shape index (κ1) is 13.9. The third-order valence-electron chi connectivity index (χ3n) is 3.53. The van der Waals surface area contributed by atoms with Crippen LogP contribution in [0, 0.1) is 5.92 Å². The van der Waals surface area contributed by atoms with Crippen LogP contribution in [0.1, 0.15) is 40.0 Å². The average Bonchev–Trinajstić information content (AvgIpc) is 2.26. The molecule has 96 valence electrons. The van der Waals surface area contributed by atoms with E-state index < -0.39 is 0 Å². The van der Waals surface area contributed by atoms with Gasteiger partial charge in [0.2, 0.25) is 0 Å². The van der Waals surface area contributed by atoms with Crippen LogP contribution in [-0.4, -0.2) is 43.3 Å². The van der Waals surface area contributed by atoms with E-state index in [9.17, 15) is 4.39 Å². The summed E-state index contributed by atoms with van der Waals surface area (Å²) in [5.41, 5.74) is 0. The minimum atomic E-state index is -0.187. The van der Waals surface area contributed by atoms with Crippen molar-refractivity contribution < 1.29 is 4.39 Å². The largest absolute Gasteiger partial charge is 0.311 e. The van der Waals surface area contributed by atoms with Gasteiger partial charge in [0.15, 0.2) is 0 Å². The summed E-state index contributed by atoms with van der Waals surface area (Å²) < 4.78 is 12.3. The lowest BCUT2D eigenvalue weighted by atomic mass is 9.97. The summed E-state index contributed by atoms with van der Waals surface area (Å²) in [5.74, 6) is 0.648. The fourth-order valence-electron chi connectivity index (χ4n) is 2.62. The van der Waals surface area contributed by atoms with Crippen LogP contribution in [0.2, 0.25) is 0 Å². The zero-order valence-electron chi connectivity index (χ0n) is 11.0. The lowest BCUT2D eigenvalue weighted by Gasteiger charge is -2.42. The molecule has 1 fully saturated rings. The molecule has 1 aliphatic rings. The van der Waals surface area contributed by atoms with E-state index in [1.165, 1.54) is 12.8 Å². The topological polar surface area (TPSA) is 15.3 Å². The van der Waals surface area contributed by atoms with Gasteiger partial charge in [-0.25, -0.2) is 0 Å². The number of nitrogens with zero attached hydrogens (tertiary/aromatic N) is 1. The van der Waals surface area contributed by atoms with Crippen LogP contribution in [0.3, 0.4) is 0 Å². The molecule has 0 aliphatic carbocycles. The standard InChI is InChI=1S/C13H27FN2/c1-4-6-12-10-16(8-5-7-14)13(9-15-12)11(2)3/h11-13,15H,4-10H2,1-3H3. The molecule has 0 aromatic rings. The van der Waals surface area contributed by atoms with Gasteiger partial charge >= 0.3 is 0 Å². The highest BCUT2D eigenvalue weighted by Gasteiger charge is 2.28. The monoisotopic (exact) mass is 230 g/mol. The van der Waals surface area contributed by atoms with Crippen molar-refractivity contribution in [2.45, 2.75) is 52.1 Å². The van der Waals surface area contributed by atoms with E-state index in [1.807, 2.05) is 0 Å². The van der Waals surface area contributed by atoms with Crippen LogP contribution >= 0.6 is 0 Å². The fraction of sp³-hybridized carbons (Fsp3) is 1.00. The predicted octanol–water partition coefficient (Wildman–Crippen LogP) is 2.44. The van der Waals surface area contributed by atoms with Crippen molar-refractivity contribution in [2.24, 2.45) is 5.92 Å². The average molecular weight is 230 g/mol. The molecule has 2 unspecified atom stereocenters. The maximum atomic E-state index is 12.3. The molecule has 2 atom stereocenters. The van der Waals surface area contributed by atoms with Gasteiger partial charge in [-0.05, 0) is 18.8 Å². The van der Waals surface area contributed by atoms with E-state index >= 15 is 0 Å². The summed E-state index contributed by atoms with van der Waals surface area (Å²) in [5, 5.41) is 3.62. The van der Waals surface area contributed by atoms with E-state index in [1.54, 1.807) is 0 Å². The van der Waals surface area contributed by atoms with E-state index in [4.69, 9.17) is 0 Å². The summed E-state index contributed by atoms with van der Waals surface area (Å²) in [6.07, 6.45) is 3.14. The Balaban J connectivity index is 2.47. The van der Waals surface area contributed by atoms with Crippen molar-refractivity contribution in [2.75, 3.05) is 26.3 Å². The Bertz CT molecular complexity index is 185. The quantitative estimate of drug-likeness (QED) is 0.754. The highest BCUT2D eigenvalue weighted by molar-refractivity contribution is 4.87. The molecule has 1 saturated heterocycles. The molecular formula is C13H27FN2. The highest BCUT2D eigenvalue weighted by Crippen LogP contribution is 2.17. The summed E-state index contributed by atoms with van der Waals surface area (Å²) in [6, 6.07) is 1.19. The lowest BCUT2D eigenvalue weighted by Crippen LogP contribution is -2.58. The molecule has 1 rings (SSSR count). The van der Waals surface area contributed by atoms with Crippen LogP contribution in [0.5, 0.6) is 0 Å². The SMILES string of the molecule is CCCC1CN(CCCF)C(C(C)C)CN1. The maximum Gasteiger partial charge on any atom is 0.0906 e. The van der Waals surface area contributed by atoms with Crippen LogP contribution < -0.4 is 5.32 Å². The second-order valence-electron chi connectivity index (χ2n) is 5.24. The first-order valence-electron chi connectivity index (χ1n) is 6.72. The van der Waals surface area contributed by atoms with Crippen molar-refractivity contribution in [3.63, 3.8) is 0 Å². The Morgan fingerprint density at radius 1 is 1.44 bits per heavy atom. The molecule has 3 heteroatoms. The van der Waals surface area contributed by atoms with Crippen molar-refractivity contribution in [3.8, 4) is 0 Å². The maximum absolute atomic E-state index is 12.3. The number of alkyl halides is 1. The van der Waals surface area contributed by atoms with Gasteiger partial charge in [0, 0.05) is 31.7 Å². The molecule has 0 saturated carbocycles. The Morgan fingerprint density at radius 3 is 2.75 bits per heavy atom. The number of rotatable bonds is 6. The minimum Gasteiger partial charge on any atom is -0.311 e. The van der Waals surface area contributed by atoms with Crippen LogP contribution in [0.4, 0.5) is 4.39 Å². The van der Waals surface area contributed by atoms with E-state index in [0.29, 0.717) is 24.4 Å². The van der Waals surface area contributed by atoms with Gasteiger partial charge in [-0.2, -0.15) is 0 Å². The minimum absolute atomic E-state index is 0.187. The Hall–Kier alpha value is -0.150. The second kappa shape index (κ2) is 7.23. The van der Waals surface area contributed by atoms with Gasteiger partial charge in [0.25, 0.3) is 0 Å².